The van der Waals surface area contributed by atoms with Crippen LogP contribution in [0.1, 0.15) is 12.0 Å². The number of nitrogens with two attached hydrogens (primary N) is 1. The van der Waals surface area contributed by atoms with Crippen molar-refractivity contribution in [3.05, 3.63) is 35.9 Å². The van der Waals surface area contributed by atoms with Crippen molar-refractivity contribution in [3.8, 4) is 0 Å². The Kier molecular flexibility index (Phi) is 3.81. The Morgan fingerprint density at radius 1 is 1.44 bits per heavy atom. The predicted molar refractivity (Wildman–Crippen MR) is 65.7 cm³/mol. The lowest BCUT2D eigenvalue weighted by Crippen LogP contribution is -2.45. The maximum Gasteiger partial charge on any atom is 0.410 e. The van der Waals surface area contributed by atoms with Gasteiger partial charge in [0.2, 0.25) is 0 Å². The number of carbonyl (C=O) groups is 1. The molecule has 0 radical (unpaired) electrons. The van der Waals surface area contributed by atoms with Crippen molar-refractivity contribution >= 4 is 6.09 Å². The van der Waals surface area contributed by atoms with E-state index in [2.05, 4.69) is 0 Å². The van der Waals surface area contributed by atoms with Crippen molar-refractivity contribution in [1.82, 2.24) is 4.90 Å². The Morgan fingerprint density at radius 2 is 2.17 bits per heavy atom. The third kappa shape index (κ3) is 2.98. The Hall–Kier alpha value is -1.62. The van der Waals surface area contributed by atoms with Gasteiger partial charge in [-0.3, -0.25) is 0 Å². The van der Waals surface area contributed by atoms with E-state index in [-0.39, 0.29) is 13.2 Å². The highest BCUT2D eigenvalue weighted by molar-refractivity contribution is 5.68. The van der Waals surface area contributed by atoms with Gasteiger partial charge in [0.05, 0.1) is 5.54 Å². The van der Waals surface area contributed by atoms with E-state index >= 15 is 0 Å². The Labute approximate surface area is 106 Å². The van der Waals surface area contributed by atoms with Crippen LogP contribution >= 0.6 is 0 Å². The number of halogens is 1. The van der Waals surface area contributed by atoms with Crippen LogP contribution in [0.5, 0.6) is 0 Å². The molecule has 4 nitrogen and oxygen atoms in total. The van der Waals surface area contributed by atoms with Crippen LogP contribution in [0.15, 0.2) is 30.3 Å². The summed E-state index contributed by atoms with van der Waals surface area (Å²) < 4.78 is 17.8. The average molecular weight is 252 g/mol. The van der Waals surface area contributed by atoms with Crippen LogP contribution in [0.2, 0.25) is 0 Å². The fourth-order valence-electron chi connectivity index (χ4n) is 1.97. The van der Waals surface area contributed by atoms with Crippen LogP contribution in [0, 0.1) is 0 Å². The molecule has 0 saturated carbocycles. The molecule has 1 aliphatic rings. The number of alkyl halides is 1. The lowest BCUT2D eigenvalue weighted by molar-refractivity contribution is 0.101. The summed E-state index contributed by atoms with van der Waals surface area (Å²) in [5, 5.41) is 0. The summed E-state index contributed by atoms with van der Waals surface area (Å²) in [6.45, 7) is 0.282. The smallest absolute Gasteiger partial charge is 0.410 e. The van der Waals surface area contributed by atoms with E-state index in [1.807, 2.05) is 30.3 Å². The summed E-state index contributed by atoms with van der Waals surface area (Å²) >= 11 is 0. The first-order valence-electron chi connectivity index (χ1n) is 5.93. The Morgan fingerprint density at radius 3 is 2.78 bits per heavy atom. The van der Waals surface area contributed by atoms with Gasteiger partial charge in [0.15, 0.2) is 0 Å². The van der Waals surface area contributed by atoms with Gasteiger partial charge >= 0.3 is 6.09 Å². The largest absolute Gasteiger partial charge is 0.445 e. The Balaban J connectivity index is 1.83. The van der Waals surface area contributed by atoms with Gasteiger partial charge in [0.25, 0.3) is 0 Å². The van der Waals surface area contributed by atoms with E-state index in [9.17, 15) is 9.18 Å². The Bertz CT molecular complexity index is 413. The third-order valence-corrected chi connectivity index (χ3v) is 3.11. The SMILES string of the molecule is N[C@@]1(CF)CCN(C(=O)OCc2ccccc2)C1. The van der Waals surface area contributed by atoms with Gasteiger partial charge in [-0.2, -0.15) is 0 Å². The number of hydrogen-bond acceptors (Lipinski definition) is 3. The van der Waals surface area contributed by atoms with Crippen LogP contribution in [-0.4, -0.2) is 36.3 Å². The van der Waals surface area contributed by atoms with Crippen molar-refractivity contribution in [1.29, 1.82) is 0 Å². The molecule has 1 aliphatic heterocycles. The molecule has 18 heavy (non-hydrogen) atoms. The molecule has 0 unspecified atom stereocenters. The minimum atomic E-state index is -0.897. The summed E-state index contributed by atoms with van der Waals surface area (Å²) in [6, 6.07) is 9.42. The van der Waals surface area contributed by atoms with Gasteiger partial charge < -0.3 is 15.4 Å². The first-order chi connectivity index (χ1) is 8.63. The molecule has 0 aliphatic carbocycles. The zero-order valence-corrected chi connectivity index (χ0v) is 10.1. The van der Waals surface area contributed by atoms with Crippen molar-refractivity contribution < 1.29 is 13.9 Å². The topological polar surface area (TPSA) is 55.6 Å². The maximum atomic E-state index is 12.7. The molecular weight excluding hydrogens is 235 g/mol. The summed E-state index contributed by atoms with van der Waals surface area (Å²) in [6.07, 6.45) is 0.0452. The van der Waals surface area contributed by atoms with Gasteiger partial charge in [-0.05, 0) is 12.0 Å². The number of nitrogens with zero attached hydrogens (tertiary/aromatic N) is 1. The van der Waals surface area contributed by atoms with Gasteiger partial charge in [0, 0.05) is 13.1 Å². The van der Waals surface area contributed by atoms with Crippen molar-refractivity contribution in [2.75, 3.05) is 19.8 Å². The van der Waals surface area contributed by atoms with Gasteiger partial charge in [-0.25, -0.2) is 9.18 Å². The minimum Gasteiger partial charge on any atom is -0.445 e. The normalized spacial score (nSPS) is 23.1. The molecule has 1 saturated heterocycles. The molecule has 0 bridgehead atoms. The van der Waals surface area contributed by atoms with Crippen molar-refractivity contribution in [2.45, 2.75) is 18.6 Å². The summed E-state index contributed by atoms with van der Waals surface area (Å²) in [4.78, 5) is 13.2. The molecule has 0 aromatic heterocycles. The molecule has 1 heterocycles. The lowest BCUT2D eigenvalue weighted by Gasteiger charge is -2.20. The number of benzene rings is 1. The summed E-state index contributed by atoms with van der Waals surface area (Å²) in [5.74, 6) is 0. The number of likely N-dealkylation sites (tertiary alicyclic amines) is 1. The molecule has 2 N–H and O–H groups in total. The van der Waals surface area contributed by atoms with Crippen LogP contribution in [0.4, 0.5) is 9.18 Å². The highest BCUT2D eigenvalue weighted by atomic mass is 19.1. The van der Waals surface area contributed by atoms with Gasteiger partial charge in [-0.1, -0.05) is 30.3 Å². The molecule has 98 valence electrons. The molecule has 1 amide bonds. The average Bonchev–Trinajstić information content (AvgIpc) is 2.81. The molecule has 1 aromatic carbocycles. The fourth-order valence-corrected chi connectivity index (χ4v) is 1.97. The van der Waals surface area contributed by atoms with E-state index in [4.69, 9.17) is 10.5 Å². The molecule has 1 fully saturated rings. The number of ether oxygens (including phenoxy) is 1. The number of amides is 1. The van der Waals surface area contributed by atoms with Gasteiger partial charge in [0.1, 0.15) is 13.3 Å². The van der Waals surface area contributed by atoms with Crippen LogP contribution in [0.25, 0.3) is 0 Å². The number of rotatable bonds is 3. The van der Waals surface area contributed by atoms with E-state index in [1.54, 1.807) is 0 Å². The zero-order chi connectivity index (χ0) is 13.0. The molecular formula is C13H17FN2O2. The van der Waals surface area contributed by atoms with E-state index < -0.39 is 18.3 Å². The van der Waals surface area contributed by atoms with Crippen molar-refractivity contribution in [2.24, 2.45) is 5.73 Å². The third-order valence-electron chi connectivity index (χ3n) is 3.11. The molecule has 0 spiro atoms. The van der Waals surface area contributed by atoms with Crippen LogP contribution in [-0.2, 0) is 11.3 Å². The number of hydrogen-bond donors (Lipinski definition) is 1. The van der Waals surface area contributed by atoms with E-state index in [1.165, 1.54) is 4.90 Å². The van der Waals surface area contributed by atoms with Crippen LogP contribution < -0.4 is 5.73 Å². The molecule has 5 heteroatoms. The second kappa shape index (κ2) is 5.35. The monoisotopic (exact) mass is 252 g/mol. The standard InChI is InChI=1S/C13H17FN2O2/c14-9-13(15)6-7-16(10-13)12(17)18-8-11-4-2-1-3-5-11/h1-5H,6-10,15H2/t13-/m1/s1. The predicted octanol–water partition coefficient (Wildman–Crippen LogP) is 1.70. The van der Waals surface area contributed by atoms with Crippen LogP contribution in [0.3, 0.4) is 0 Å². The lowest BCUT2D eigenvalue weighted by atomic mass is 10.0. The van der Waals surface area contributed by atoms with E-state index in [0.29, 0.717) is 13.0 Å². The molecule has 2 rings (SSSR count). The van der Waals surface area contributed by atoms with Gasteiger partial charge in [-0.15, -0.1) is 0 Å². The quantitative estimate of drug-likeness (QED) is 0.890. The molecule has 1 aromatic rings. The number of carbonyl (C=O) groups excluding carboxylic acids is 1. The first-order valence-corrected chi connectivity index (χ1v) is 5.93. The molecule has 1 atom stereocenters. The maximum absolute atomic E-state index is 12.7. The van der Waals surface area contributed by atoms with Crippen molar-refractivity contribution in [3.63, 3.8) is 0 Å². The summed E-state index contributed by atoms with van der Waals surface area (Å²) in [5.41, 5.74) is 5.80. The second-order valence-corrected chi connectivity index (χ2v) is 4.71. The highest BCUT2D eigenvalue weighted by Gasteiger charge is 2.37. The minimum absolute atomic E-state index is 0.219. The van der Waals surface area contributed by atoms with E-state index in [0.717, 1.165) is 5.56 Å². The first kappa shape index (κ1) is 12.8. The zero-order valence-electron chi connectivity index (χ0n) is 10.1. The highest BCUT2D eigenvalue weighted by Crippen LogP contribution is 2.20. The fraction of sp³-hybridized carbons (Fsp3) is 0.462. The summed E-state index contributed by atoms with van der Waals surface area (Å²) in [7, 11) is 0. The second-order valence-electron chi connectivity index (χ2n) is 4.71.